The van der Waals surface area contributed by atoms with E-state index in [0.29, 0.717) is 23.7 Å². The van der Waals surface area contributed by atoms with Crippen LogP contribution >= 0.6 is 0 Å². The van der Waals surface area contributed by atoms with Crippen LogP contribution in [0.3, 0.4) is 0 Å². The van der Waals surface area contributed by atoms with Gasteiger partial charge in [-0.05, 0) is 45.0 Å². The predicted octanol–water partition coefficient (Wildman–Crippen LogP) is 2.79. The van der Waals surface area contributed by atoms with Crippen molar-refractivity contribution in [2.45, 2.75) is 39.9 Å². The number of aromatic nitrogens is 1. The Morgan fingerprint density at radius 1 is 1.29 bits per heavy atom. The molecule has 28 heavy (non-hydrogen) atoms. The molecule has 8 nitrogen and oxygen atoms in total. The molecule has 0 saturated carbocycles. The first-order valence-corrected chi connectivity index (χ1v) is 8.81. The molecule has 0 N–H and O–H groups in total. The molecule has 2 rings (SSSR count). The summed E-state index contributed by atoms with van der Waals surface area (Å²) in [6.45, 7) is 5.76. The SMILES string of the molecule is Cc1noc(C)c1COc1ccc(C(=O)O[C@@H](C)C(=O)N(C)CCC#N)cc1. The van der Waals surface area contributed by atoms with Crippen LogP contribution in [0.25, 0.3) is 0 Å². The van der Waals surface area contributed by atoms with Crippen molar-refractivity contribution in [2.24, 2.45) is 0 Å². The van der Waals surface area contributed by atoms with Crippen molar-refractivity contribution in [1.82, 2.24) is 10.1 Å². The van der Waals surface area contributed by atoms with E-state index in [-0.39, 0.29) is 18.9 Å². The summed E-state index contributed by atoms with van der Waals surface area (Å²) in [4.78, 5) is 25.7. The number of hydrogen-bond acceptors (Lipinski definition) is 7. The van der Waals surface area contributed by atoms with Gasteiger partial charge in [0, 0.05) is 13.6 Å². The highest BCUT2D eigenvalue weighted by molar-refractivity contribution is 5.92. The molecule has 0 spiro atoms. The van der Waals surface area contributed by atoms with E-state index in [0.717, 1.165) is 11.3 Å². The van der Waals surface area contributed by atoms with E-state index >= 15 is 0 Å². The summed E-state index contributed by atoms with van der Waals surface area (Å²) in [6, 6.07) is 8.42. The second-order valence-corrected chi connectivity index (χ2v) is 6.33. The predicted molar refractivity (Wildman–Crippen MR) is 99.5 cm³/mol. The summed E-state index contributed by atoms with van der Waals surface area (Å²) in [7, 11) is 1.56. The van der Waals surface area contributed by atoms with Crippen molar-refractivity contribution in [2.75, 3.05) is 13.6 Å². The van der Waals surface area contributed by atoms with Crippen LogP contribution in [-0.2, 0) is 16.1 Å². The van der Waals surface area contributed by atoms with Gasteiger partial charge >= 0.3 is 5.97 Å². The first-order valence-electron chi connectivity index (χ1n) is 8.81. The molecule has 0 radical (unpaired) electrons. The summed E-state index contributed by atoms with van der Waals surface area (Å²) in [5.74, 6) is 0.322. The van der Waals surface area contributed by atoms with Gasteiger partial charge in [-0.3, -0.25) is 4.79 Å². The molecule has 1 aromatic carbocycles. The lowest BCUT2D eigenvalue weighted by Gasteiger charge is -2.20. The smallest absolute Gasteiger partial charge is 0.338 e. The number of ether oxygens (including phenoxy) is 2. The van der Waals surface area contributed by atoms with Crippen LogP contribution in [0.2, 0.25) is 0 Å². The maximum Gasteiger partial charge on any atom is 0.338 e. The summed E-state index contributed by atoms with van der Waals surface area (Å²) in [5.41, 5.74) is 1.97. The van der Waals surface area contributed by atoms with Gasteiger partial charge in [-0.25, -0.2) is 4.79 Å². The highest BCUT2D eigenvalue weighted by Gasteiger charge is 2.22. The van der Waals surface area contributed by atoms with Crippen molar-refractivity contribution < 1.29 is 23.6 Å². The molecule has 1 amide bonds. The van der Waals surface area contributed by atoms with E-state index in [1.807, 2.05) is 19.9 Å². The van der Waals surface area contributed by atoms with Gasteiger partial charge < -0.3 is 18.9 Å². The number of likely N-dealkylation sites (N-methyl/N-ethyl adjacent to an activating group) is 1. The third kappa shape index (κ3) is 5.33. The van der Waals surface area contributed by atoms with Crippen LogP contribution in [-0.4, -0.2) is 41.6 Å². The molecule has 8 heteroatoms. The van der Waals surface area contributed by atoms with E-state index in [1.165, 1.54) is 11.8 Å². The molecule has 0 aliphatic rings. The number of esters is 1. The van der Waals surface area contributed by atoms with Gasteiger partial charge in [0.05, 0.1) is 29.3 Å². The number of hydrogen-bond donors (Lipinski definition) is 0. The van der Waals surface area contributed by atoms with Crippen LogP contribution in [0.4, 0.5) is 0 Å². The Labute approximate surface area is 163 Å². The average Bonchev–Trinajstić information content (AvgIpc) is 3.01. The molecule has 0 aliphatic carbocycles. The Balaban J connectivity index is 1.90. The molecule has 0 saturated heterocycles. The van der Waals surface area contributed by atoms with E-state index in [9.17, 15) is 9.59 Å². The highest BCUT2D eigenvalue weighted by atomic mass is 16.5. The fourth-order valence-electron chi connectivity index (χ4n) is 2.47. The third-order valence-electron chi connectivity index (χ3n) is 4.22. The van der Waals surface area contributed by atoms with Gasteiger partial charge in [-0.15, -0.1) is 0 Å². The number of rotatable bonds is 8. The zero-order valence-corrected chi connectivity index (χ0v) is 16.4. The fourth-order valence-corrected chi connectivity index (χ4v) is 2.47. The molecule has 2 aromatic rings. The van der Waals surface area contributed by atoms with Gasteiger partial charge in [0.1, 0.15) is 18.1 Å². The van der Waals surface area contributed by atoms with E-state index in [1.54, 1.807) is 31.3 Å². The zero-order chi connectivity index (χ0) is 20.7. The Kier molecular flexibility index (Phi) is 7.15. The molecule has 0 unspecified atom stereocenters. The van der Waals surface area contributed by atoms with Crippen molar-refractivity contribution in [3.05, 3.63) is 46.8 Å². The minimum atomic E-state index is -0.938. The Hall–Kier alpha value is -3.34. The van der Waals surface area contributed by atoms with Crippen LogP contribution < -0.4 is 4.74 Å². The van der Waals surface area contributed by atoms with Gasteiger partial charge in [0.25, 0.3) is 5.91 Å². The summed E-state index contributed by atoms with van der Waals surface area (Å²) >= 11 is 0. The lowest BCUT2D eigenvalue weighted by atomic mass is 10.2. The molecular formula is C20H23N3O5. The lowest BCUT2D eigenvalue weighted by molar-refractivity contribution is -0.138. The molecule has 0 fully saturated rings. The quantitative estimate of drug-likeness (QED) is 0.643. The zero-order valence-electron chi connectivity index (χ0n) is 16.4. The maximum atomic E-state index is 12.2. The number of nitriles is 1. The van der Waals surface area contributed by atoms with Crippen LogP contribution in [0.5, 0.6) is 5.75 Å². The number of aryl methyl sites for hydroxylation is 2. The largest absolute Gasteiger partial charge is 0.489 e. The van der Waals surface area contributed by atoms with Crippen LogP contribution in [0.15, 0.2) is 28.8 Å². The topological polar surface area (TPSA) is 106 Å². The monoisotopic (exact) mass is 385 g/mol. The van der Waals surface area contributed by atoms with E-state index in [2.05, 4.69) is 5.16 Å². The third-order valence-corrected chi connectivity index (χ3v) is 4.22. The average molecular weight is 385 g/mol. The summed E-state index contributed by atoms with van der Waals surface area (Å²) < 4.78 is 16.0. The number of nitrogens with zero attached hydrogens (tertiary/aromatic N) is 3. The Bertz CT molecular complexity index is 847. The van der Waals surface area contributed by atoms with Crippen LogP contribution in [0, 0.1) is 25.2 Å². The van der Waals surface area contributed by atoms with E-state index < -0.39 is 12.1 Å². The lowest BCUT2D eigenvalue weighted by Crippen LogP contribution is -2.37. The van der Waals surface area contributed by atoms with Crippen LogP contribution in [0.1, 0.15) is 40.7 Å². The standard InChI is InChI=1S/C20H23N3O5/c1-13-18(14(2)28-22-13)12-26-17-8-6-16(7-9-17)20(25)27-15(3)19(24)23(4)11-5-10-21/h6-9,15H,5,11-12H2,1-4H3/t15-/m0/s1. The minimum Gasteiger partial charge on any atom is -0.489 e. The van der Waals surface area contributed by atoms with Crippen molar-refractivity contribution in [1.29, 1.82) is 5.26 Å². The molecule has 0 bridgehead atoms. The Morgan fingerprint density at radius 3 is 2.54 bits per heavy atom. The highest BCUT2D eigenvalue weighted by Crippen LogP contribution is 2.18. The van der Waals surface area contributed by atoms with Crippen molar-refractivity contribution >= 4 is 11.9 Å². The number of carbonyl (C=O) groups excluding carboxylic acids is 2. The summed E-state index contributed by atoms with van der Waals surface area (Å²) in [6.07, 6.45) is -0.718. The second kappa shape index (κ2) is 9.55. The normalized spacial score (nSPS) is 11.4. The maximum absolute atomic E-state index is 12.2. The minimum absolute atomic E-state index is 0.221. The first kappa shape index (κ1) is 21.0. The Morgan fingerprint density at radius 2 is 1.96 bits per heavy atom. The number of carbonyl (C=O) groups is 2. The number of amides is 1. The van der Waals surface area contributed by atoms with Gasteiger partial charge in [-0.1, -0.05) is 5.16 Å². The molecule has 1 atom stereocenters. The molecule has 1 heterocycles. The fraction of sp³-hybridized carbons (Fsp3) is 0.400. The van der Waals surface area contributed by atoms with Crippen molar-refractivity contribution in [3.8, 4) is 11.8 Å². The van der Waals surface area contributed by atoms with Crippen molar-refractivity contribution in [3.63, 3.8) is 0 Å². The van der Waals surface area contributed by atoms with Gasteiger partial charge in [-0.2, -0.15) is 5.26 Å². The molecular weight excluding hydrogens is 362 g/mol. The van der Waals surface area contributed by atoms with Gasteiger partial charge in [0.15, 0.2) is 6.10 Å². The molecule has 148 valence electrons. The summed E-state index contributed by atoms with van der Waals surface area (Å²) in [5, 5.41) is 12.5. The van der Waals surface area contributed by atoms with Gasteiger partial charge in [0.2, 0.25) is 0 Å². The molecule has 0 aliphatic heterocycles. The van der Waals surface area contributed by atoms with E-state index in [4.69, 9.17) is 19.3 Å². The molecule has 1 aromatic heterocycles. The number of benzene rings is 1. The second-order valence-electron chi connectivity index (χ2n) is 6.33. The first-order chi connectivity index (χ1) is 13.3.